The molecule has 1 saturated heterocycles. The average molecular weight is 405 g/mol. The molecule has 1 amide bonds. The highest BCUT2D eigenvalue weighted by molar-refractivity contribution is 5.95. The Bertz CT molecular complexity index is 620. The summed E-state index contributed by atoms with van der Waals surface area (Å²) in [5, 5.41) is 3.13. The van der Waals surface area contributed by atoms with Gasteiger partial charge in [0.25, 0.3) is 5.91 Å². The van der Waals surface area contributed by atoms with E-state index in [1.165, 1.54) is 19.3 Å². The smallest absolute Gasteiger partial charge is 0.252 e. The molecule has 5 nitrogen and oxygen atoms in total. The molecule has 1 aliphatic heterocycles. The number of nitrogens with one attached hydrogen (secondary N) is 1. The lowest BCUT2D eigenvalue weighted by Gasteiger charge is -2.39. The predicted molar refractivity (Wildman–Crippen MR) is 118 cm³/mol. The number of nitrogens with zero attached hydrogens (tertiary/aromatic N) is 1. The van der Waals surface area contributed by atoms with Crippen LogP contribution in [-0.4, -0.2) is 47.4 Å². The van der Waals surface area contributed by atoms with Gasteiger partial charge in [0, 0.05) is 12.2 Å². The Morgan fingerprint density at radius 1 is 1.14 bits per heavy atom. The Morgan fingerprint density at radius 2 is 1.79 bits per heavy atom. The Hall–Kier alpha value is -1.62. The lowest BCUT2D eigenvalue weighted by molar-refractivity contribution is -0.163. The molecule has 2 atom stereocenters. The molecule has 2 fully saturated rings. The third-order valence-electron chi connectivity index (χ3n) is 6.51. The van der Waals surface area contributed by atoms with Crippen LogP contribution in [0.5, 0.6) is 0 Å². The van der Waals surface area contributed by atoms with E-state index in [4.69, 9.17) is 4.74 Å². The van der Waals surface area contributed by atoms with Crippen LogP contribution in [0, 0.1) is 5.92 Å². The van der Waals surface area contributed by atoms with E-state index in [2.05, 4.69) is 39.2 Å². The monoisotopic (exact) mass is 404 g/mol. The highest BCUT2D eigenvalue weighted by Gasteiger charge is 2.41. The molecule has 0 radical (unpaired) electrons. The van der Waals surface area contributed by atoms with Gasteiger partial charge in [0.15, 0.2) is 5.78 Å². The fraction of sp³-hybridized carbons (Fsp3) is 0.750. The summed E-state index contributed by atoms with van der Waals surface area (Å²) in [6.07, 6.45) is 7.99. The number of hydrogen-bond acceptors (Lipinski definition) is 4. The maximum Gasteiger partial charge on any atom is 0.252 e. The molecule has 2 rings (SSSR count). The second-order valence-electron chi connectivity index (χ2n) is 9.32. The first-order chi connectivity index (χ1) is 13.7. The lowest BCUT2D eigenvalue weighted by atomic mass is 9.84. The van der Waals surface area contributed by atoms with Crippen LogP contribution in [-0.2, 0) is 14.3 Å². The second kappa shape index (κ2) is 10.4. The highest BCUT2D eigenvalue weighted by Crippen LogP contribution is 2.34. The van der Waals surface area contributed by atoms with Gasteiger partial charge in [0.2, 0.25) is 0 Å². The van der Waals surface area contributed by atoms with Gasteiger partial charge in [-0.3, -0.25) is 9.59 Å². The summed E-state index contributed by atoms with van der Waals surface area (Å²) < 4.78 is 6.45. The van der Waals surface area contributed by atoms with Crippen LogP contribution in [0.25, 0.3) is 0 Å². The first kappa shape index (κ1) is 23.7. The fourth-order valence-corrected chi connectivity index (χ4v) is 4.23. The van der Waals surface area contributed by atoms with Crippen molar-refractivity contribution in [2.75, 3.05) is 13.1 Å². The maximum absolute atomic E-state index is 13.7. The van der Waals surface area contributed by atoms with E-state index in [1.54, 1.807) is 6.92 Å². The Kier molecular flexibility index (Phi) is 8.50. The molecular weight excluding hydrogens is 364 g/mol. The number of carbonyl (C=O) groups excluding carboxylic acids is 2. The van der Waals surface area contributed by atoms with Crippen molar-refractivity contribution in [1.29, 1.82) is 0 Å². The quantitative estimate of drug-likeness (QED) is 0.549. The summed E-state index contributed by atoms with van der Waals surface area (Å²) >= 11 is 0. The zero-order valence-electron chi connectivity index (χ0n) is 18.9. The lowest BCUT2D eigenvalue weighted by Crippen LogP contribution is -2.50. The third-order valence-corrected chi connectivity index (χ3v) is 6.51. The molecule has 1 heterocycles. The van der Waals surface area contributed by atoms with Gasteiger partial charge in [-0.1, -0.05) is 39.3 Å². The molecule has 0 spiro atoms. The minimum absolute atomic E-state index is 0.0323. The number of likely N-dealkylation sites (tertiary alicyclic amines) is 1. The van der Waals surface area contributed by atoms with Crippen molar-refractivity contribution in [2.24, 2.45) is 5.92 Å². The zero-order chi connectivity index (χ0) is 21.6. The normalized spacial score (nSPS) is 21.7. The summed E-state index contributed by atoms with van der Waals surface area (Å²) in [6.45, 7) is 16.7. The van der Waals surface area contributed by atoms with Crippen molar-refractivity contribution in [3.8, 4) is 0 Å². The molecule has 1 aliphatic carbocycles. The van der Waals surface area contributed by atoms with Crippen LogP contribution in [0.1, 0.15) is 79.1 Å². The molecular formula is C24H40N2O3. The van der Waals surface area contributed by atoms with E-state index in [0.29, 0.717) is 5.57 Å². The number of rotatable bonds is 10. The van der Waals surface area contributed by atoms with Gasteiger partial charge in [-0.2, -0.15) is 0 Å². The molecule has 2 unspecified atom stereocenters. The van der Waals surface area contributed by atoms with E-state index in [9.17, 15) is 9.59 Å². The van der Waals surface area contributed by atoms with Gasteiger partial charge in [-0.05, 0) is 64.4 Å². The van der Waals surface area contributed by atoms with Crippen molar-refractivity contribution < 1.29 is 14.3 Å². The van der Waals surface area contributed by atoms with Gasteiger partial charge in [-0.15, -0.1) is 0 Å². The van der Waals surface area contributed by atoms with E-state index < -0.39 is 6.10 Å². The summed E-state index contributed by atoms with van der Waals surface area (Å²) in [5.41, 5.74) is 0.940. The summed E-state index contributed by atoms with van der Waals surface area (Å²) in [7, 11) is 0. The van der Waals surface area contributed by atoms with Crippen LogP contribution in [0.4, 0.5) is 0 Å². The van der Waals surface area contributed by atoms with Gasteiger partial charge in [0.05, 0.1) is 18.2 Å². The van der Waals surface area contributed by atoms with Crippen LogP contribution >= 0.6 is 0 Å². The molecule has 29 heavy (non-hydrogen) atoms. The van der Waals surface area contributed by atoms with Gasteiger partial charge in [0.1, 0.15) is 6.10 Å². The van der Waals surface area contributed by atoms with Crippen LogP contribution in [0.2, 0.25) is 0 Å². The topological polar surface area (TPSA) is 58.6 Å². The maximum atomic E-state index is 13.7. The number of Topliss-reactive ketones (excluding diaryl/α,β-unsaturated/α-hetero) is 1. The Morgan fingerprint density at radius 3 is 2.38 bits per heavy atom. The Labute approximate surface area is 176 Å². The number of ether oxygens (including phenoxy) is 1. The molecule has 164 valence electrons. The largest absolute Gasteiger partial charge is 0.380 e. The van der Waals surface area contributed by atoms with Crippen LogP contribution < -0.4 is 5.32 Å². The molecule has 1 N–H and O–H groups in total. The van der Waals surface area contributed by atoms with Crippen LogP contribution in [0.3, 0.4) is 0 Å². The molecule has 1 saturated carbocycles. The van der Waals surface area contributed by atoms with Gasteiger partial charge in [-0.25, -0.2) is 0 Å². The van der Waals surface area contributed by atoms with Crippen molar-refractivity contribution in [3.63, 3.8) is 0 Å². The molecule has 0 bridgehead atoms. The molecule has 0 aromatic heterocycles. The van der Waals surface area contributed by atoms with Gasteiger partial charge < -0.3 is 15.0 Å². The second-order valence-corrected chi connectivity index (χ2v) is 9.32. The van der Waals surface area contributed by atoms with Crippen molar-refractivity contribution in [3.05, 3.63) is 24.4 Å². The summed E-state index contributed by atoms with van der Waals surface area (Å²) in [5.74, 6) is 0.347. The molecule has 5 heteroatoms. The zero-order valence-corrected chi connectivity index (χ0v) is 18.9. The Balaban J connectivity index is 2.11. The number of ketones is 1. The third kappa shape index (κ3) is 6.43. The fourth-order valence-electron chi connectivity index (χ4n) is 4.23. The average Bonchev–Trinajstić information content (AvgIpc) is 3.20. The summed E-state index contributed by atoms with van der Waals surface area (Å²) in [6, 6.07) is -0.0835. The first-order valence-electron chi connectivity index (χ1n) is 11.3. The van der Waals surface area contributed by atoms with Crippen molar-refractivity contribution in [2.45, 2.75) is 96.8 Å². The standard InChI is InChI=1S/C24H40N2O3/c1-7-24(5,6)29-22(19-12-9-8-10-13-19)23(28)26-15-11-14-20(26)18(4)25-16-21(27)17(2)3/h19-20,22,25H,2,4,7-16H2,1,3,5-6H3. The first-order valence-corrected chi connectivity index (χ1v) is 11.3. The van der Waals surface area contributed by atoms with Crippen LogP contribution in [0.15, 0.2) is 24.4 Å². The predicted octanol–water partition coefficient (Wildman–Crippen LogP) is 4.38. The molecule has 0 aromatic carbocycles. The molecule has 2 aliphatic rings. The minimum atomic E-state index is -0.393. The molecule has 0 aromatic rings. The summed E-state index contributed by atoms with van der Waals surface area (Å²) in [4.78, 5) is 27.5. The van der Waals surface area contributed by atoms with Crippen molar-refractivity contribution >= 4 is 11.7 Å². The number of carbonyl (C=O) groups is 2. The van der Waals surface area contributed by atoms with Crippen molar-refractivity contribution in [1.82, 2.24) is 10.2 Å². The van der Waals surface area contributed by atoms with E-state index in [1.807, 2.05) is 4.90 Å². The van der Waals surface area contributed by atoms with E-state index >= 15 is 0 Å². The number of amides is 1. The highest BCUT2D eigenvalue weighted by atomic mass is 16.5. The number of hydrogen-bond donors (Lipinski definition) is 1. The van der Waals surface area contributed by atoms with E-state index in [0.717, 1.165) is 44.3 Å². The minimum Gasteiger partial charge on any atom is -0.380 e. The van der Waals surface area contributed by atoms with Gasteiger partial charge >= 0.3 is 0 Å². The van der Waals surface area contributed by atoms with E-state index in [-0.39, 0.29) is 35.8 Å². The SMILES string of the molecule is C=C(C)C(=O)CNC(=C)C1CCCN1C(=O)C(OC(C)(C)CC)C1CCCCC1.